The molecule has 39 heavy (non-hydrogen) atoms. The van der Waals surface area contributed by atoms with Gasteiger partial charge in [-0.2, -0.15) is 0 Å². The van der Waals surface area contributed by atoms with Crippen molar-refractivity contribution in [2.75, 3.05) is 26.2 Å². The molecule has 202 valence electrons. The van der Waals surface area contributed by atoms with Crippen molar-refractivity contribution >= 4 is 17.7 Å². The van der Waals surface area contributed by atoms with Crippen LogP contribution < -0.4 is 0 Å². The second-order valence-corrected chi connectivity index (χ2v) is 11.1. The molecule has 10 nitrogen and oxygen atoms in total. The first-order chi connectivity index (χ1) is 18.7. The summed E-state index contributed by atoms with van der Waals surface area (Å²) in [5.74, 6) is 0. The van der Waals surface area contributed by atoms with E-state index in [1.807, 2.05) is 44.6 Å². The van der Waals surface area contributed by atoms with Crippen molar-refractivity contribution in [3.05, 3.63) is 93.1 Å². The number of ether oxygens (including phenoxy) is 1. The van der Waals surface area contributed by atoms with E-state index < -0.39 is 11.6 Å². The Balaban J connectivity index is 1.58. The molecule has 2 aliphatic rings. The fourth-order valence-corrected chi connectivity index (χ4v) is 5.38. The van der Waals surface area contributed by atoms with Crippen LogP contribution in [0.3, 0.4) is 0 Å². The van der Waals surface area contributed by atoms with Crippen molar-refractivity contribution in [2.45, 2.75) is 45.4 Å². The minimum absolute atomic E-state index is 0.135. The van der Waals surface area contributed by atoms with Gasteiger partial charge in [-0.1, -0.05) is 34.9 Å². The van der Waals surface area contributed by atoms with Crippen LogP contribution in [0.25, 0.3) is 22.1 Å². The van der Waals surface area contributed by atoms with Gasteiger partial charge in [0.15, 0.2) is 0 Å². The number of piperazine rings is 1. The molecule has 5 rings (SSSR count). The van der Waals surface area contributed by atoms with Crippen LogP contribution in [0, 0.1) is 6.92 Å². The lowest BCUT2D eigenvalue weighted by Crippen LogP contribution is -2.51. The van der Waals surface area contributed by atoms with Crippen LogP contribution in [0.15, 0.2) is 54.2 Å². The third-order valence-electron chi connectivity index (χ3n) is 7.18. The summed E-state index contributed by atoms with van der Waals surface area (Å²) in [6, 6.07) is 9.71. The number of carbonyl (C=O) groups is 1. The van der Waals surface area contributed by atoms with E-state index in [0.717, 1.165) is 39.2 Å². The number of hydrogen-bond donors (Lipinski definition) is 0. The van der Waals surface area contributed by atoms with E-state index in [0.29, 0.717) is 26.2 Å². The average molecular weight is 527 g/mol. The highest BCUT2D eigenvalue weighted by molar-refractivity contribution is 5.89. The Labute approximate surface area is 228 Å². The Morgan fingerprint density at radius 2 is 1.97 bits per heavy atom. The second-order valence-electron chi connectivity index (χ2n) is 11.1. The molecule has 1 aliphatic carbocycles. The molecule has 1 fully saturated rings. The van der Waals surface area contributed by atoms with Crippen LogP contribution in [-0.4, -0.2) is 62.2 Å². The topological polar surface area (TPSA) is 112 Å². The summed E-state index contributed by atoms with van der Waals surface area (Å²) in [6.07, 6.45) is 7.10. The Morgan fingerprint density at radius 3 is 2.64 bits per heavy atom. The number of pyridine rings is 1. The summed E-state index contributed by atoms with van der Waals surface area (Å²) in [6.45, 7) is 10.2. The molecule has 1 aliphatic heterocycles. The van der Waals surface area contributed by atoms with Crippen molar-refractivity contribution in [3.8, 4) is 0 Å². The third kappa shape index (κ3) is 5.39. The van der Waals surface area contributed by atoms with Crippen molar-refractivity contribution < 1.29 is 9.53 Å². The Hall–Kier alpha value is -4.14. The number of nitrogens with zero attached hydrogens (tertiary/aromatic N) is 8. The van der Waals surface area contributed by atoms with Gasteiger partial charge in [0.1, 0.15) is 11.6 Å². The highest BCUT2D eigenvalue weighted by Crippen LogP contribution is 2.45. The van der Waals surface area contributed by atoms with Gasteiger partial charge in [0.2, 0.25) is 0 Å². The molecular weight excluding hydrogens is 492 g/mol. The monoisotopic (exact) mass is 526 g/mol. The lowest BCUT2D eigenvalue weighted by molar-refractivity contribution is 0.0118. The van der Waals surface area contributed by atoms with E-state index in [1.165, 1.54) is 0 Å². The molecule has 0 spiro atoms. The standard InChI is InChI=1S/C29H34N8O2/c1-19-8-9-21-22(15-19)23(26(33-34-30)24-17-31-18-35(24)5)16-20-7-6-10-32-25(20)27(21)36-11-13-37(14-12-36)28(38)39-29(2,3)4/h6-10,15-18,26-27H,11-14H2,1-5H3/t26?,27-/m0/s1. The smallest absolute Gasteiger partial charge is 0.410 e. The van der Waals surface area contributed by atoms with Gasteiger partial charge in [0, 0.05) is 50.5 Å². The molecule has 2 aromatic heterocycles. The van der Waals surface area contributed by atoms with E-state index in [9.17, 15) is 10.3 Å². The first-order valence-electron chi connectivity index (χ1n) is 13.2. The molecule has 0 radical (unpaired) electrons. The van der Waals surface area contributed by atoms with Crippen molar-refractivity contribution in [1.29, 1.82) is 0 Å². The minimum atomic E-state index is -0.570. The molecule has 10 heteroatoms. The minimum Gasteiger partial charge on any atom is -0.444 e. The molecular formula is C29H34N8O2. The van der Waals surface area contributed by atoms with Gasteiger partial charge in [-0.15, -0.1) is 0 Å². The lowest BCUT2D eigenvalue weighted by atomic mass is 9.89. The number of benzene rings is 1. The number of fused-ring (bicyclic) bond motifs is 2. The second kappa shape index (κ2) is 10.6. The van der Waals surface area contributed by atoms with Crippen LogP contribution >= 0.6 is 0 Å². The molecule has 0 bridgehead atoms. The van der Waals surface area contributed by atoms with Gasteiger partial charge in [-0.25, -0.2) is 9.78 Å². The fourth-order valence-electron chi connectivity index (χ4n) is 5.38. The molecule has 2 atom stereocenters. The Bertz CT molecular complexity index is 1460. The average Bonchev–Trinajstić information content (AvgIpc) is 3.26. The summed E-state index contributed by atoms with van der Waals surface area (Å²) in [4.78, 5) is 29.2. The van der Waals surface area contributed by atoms with E-state index >= 15 is 0 Å². The molecule has 0 saturated carbocycles. The van der Waals surface area contributed by atoms with Crippen LogP contribution in [0.1, 0.15) is 66.5 Å². The zero-order chi connectivity index (χ0) is 27.7. The zero-order valence-electron chi connectivity index (χ0n) is 23.1. The summed E-state index contributed by atoms with van der Waals surface area (Å²) in [7, 11) is 1.90. The molecule has 0 N–H and O–H groups in total. The van der Waals surface area contributed by atoms with E-state index in [-0.39, 0.29) is 12.1 Å². The molecule has 1 aromatic carbocycles. The van der Waals surface area contributed by atoms with E-state index in [2.05, 4.69) is 57.2 Å². The quantitative estimate of drug-likeness (QED) is 0.247. The van der Waals surface area contributed by atoms with Crippen LogP contribution in [0.5, 0.6) is 0 Å². The van der Waals surface area contributed by atoms with E-state index in [4.69, 9.17) is 9.72 Å². The number of amides is 1. The van der Waals surface area contributed by atoms with Crippen molar-refractivity contribution in [1.82, 2.24) is 24.3 Å². The maximum absolute atomic E-state index is 12.7. The largest absolute Gasteiger partial charge is 0.444 e. The van der Waals surface area contributed by atoms with E-state index in [1.54, 1.807) is 17.4 Å². The normalized spacial score (nSPS) is 18.2. The van der Waals surface area contributed by atoms with Crippen LogP contribution in [-0.2, 0) is 11.8 Å². The number of hydrogen-bond acceptors (Lipinski definition) is 6. The maximum atomic E-state index is 12.7. The van der Waals surface area contributed by atoms with Crippen molar-refractivity contribution in [3.63, 3.8) is 0 Å². The molecule has 1 saturated heterocycles. The molecule has 1 amide bonds. The number of aryl methyl sites for hydroxylation is 2. The molecule has 1 unspecified atom stereocenters. The van der Waals surface area contributed by atoms with Gasteiger partial charge in [0.25, 0.3) is 0 Å². The highest BCUT2D eigenvalue weighted by atomic mass is 16.6. The number of azide groups is 1. The number of aromatic nitrogens is 3. The predicted molar refractivity (Wildman–Crippen MR) is 150 cm³/mol. The summed E-state index contributed by atoms with van der Waals surface area (Å²) >= 11 is 0. The van der Waals surface area contributed by atoms with Gasteiger partial charge >= 0.3 is 6.09 Å². The SMILES string of the molecule is Cc1ccc2c(c1)C(C(N=[N+]=[N-])c1cncn1C)=Cc1cccnc1[C@H]2N1CCN(C(=O)OC(C)(C)C)CC1. The summed E-state index contributed by atoms with van der Waals surface area (Å²) < 4.78 is 7.50. The predicted octanol–water partition coefficient (Wildman–Crippen LogP) is 5.67. The zero-order valence-corrected chi connectivity index (χ0v) is 23.1. The number of rotatable bonds is 4. The third-order valence-corrected chi connectivity index (χ3v) is 7.18. The summed E-state index contributed by atoms with van der Waals surface area (Å²) in [5, 5.41) is 4.25. The van der Waals surface area contributed by atoms with Gasteiger partial charge in [-0.3, -0.25) is 9.88 Å². The fraction of sp³-hybridized carbons (Fsp3) is 0.414. The highest BCUT2D eigenvalue weighted by Gasteiger charge is 2.36. The Kier molecular flexibility index (Phi) is 7.16. The number of imidazole rings is 1. The number of carbonyl (C=O) groups excluding carboxylic acids is 1. The van der Waals surface area contributed by atoms with Crippen molar-refractivity contribution in [2.24, 2.45) is 12.2 Å². The van der Waals surface area contributed by atoms with Crippen LogP contribution in [0.4, 0.5) is 4.79 Å². The van der Waals surface area contributed by atoms with Gasteiger partial charge in [-0.05, 0) is 67.6 Å². The van der Waals surface area contributed by atoms with Crippen LogP contribution in [0.2, 0.25) is 0 Å². The maximum Gasteiger partial charge on any atom is 0.410 e. The first kappa shape index (κ1) is 26.5. The lowest BCUT2D eigenvalue weighted by Gasteiger charge is -2.40. The first-order valence-corrected chi connectivity index (χ1v) is 13.2. The van der Waals surface area contributed by atoms with Gasteiger partial charge < -0.3 is 14.2 Å². The Morgan fingerprint density at radius 1 is 1.21 bits per heavy atom. The molecule has 3 heterocycles. The van der Waals surface area contributed by atoms with Gasteiger partial charge in [0.05, 0.1) is 23.8 Å². The molecule has 3 aromatic rings. The summed E-state index contributed by atoms with van der Waals surface area (Å²) in [5.41, 5.74) is 15.9.